The molecule has 2 N–H and O–H groups in total. The number of rotatable bonds is 3. The number of anilines is 1. The lowest BCUT2D eigenvalue weighted by Crippen LogP contribution is -2.34. The number of carbonyl (C=O) groups is 1. The first-order valence-corrected chi connectivity index (χ1v) is 6.67. The van der Waals surface area contributed by atoms with Gasteiger partial charge in [0, 0.05) is 18.9 Å². The largest absolute Gasteiger partial charge is 0.508 e. The number of aromatic hydroxyl groups is 1. The Hall–Kier alpha value is -1.97. The number of carbonyl (C=O) groups excluding carboxylic acids is 1. The molecule has 2 amide bonds. The van der Waals surface area contributed by atoms with Crippen molar-refractivity contribution >= 4 is 11.7 Å². The Morgan fingerprint density at radius 1 is 1.32 bits per heavy atom. The number of allylic oxidation sites excluding steroid dienone is 1. The van der Waals surface area contributed by atoms with Crippen LogP contribution in [0.15, 0.2) is 36.5 Å². The van der Waals surface area contributed by atoms with Gasteiger partial charge in [-0.05, 0) is 43.0 Å². The average Bonchev–Trinajstić information content (AvgIpc) is 2.92. The number of hydrogen-bond acceptors (Lipinski definition) is 2. The van der Waals surface area contributed by atoms with Crippen LogP contribution in [-0.2, 0) is 0 Å². The van der Waals surface area contributed by atoms with Crippen molar-refractivity contribution in [2.45, 2.75) is 25.7 Å². The zero-order chi connectivity index (χ0) is 13.7. The highest BCUT2D eigenvalue weighted by atomic mass is 16.3. The Morgan fingerprint density at radius 3 is 2.58 bits per heavy atom. The molecule has 1 aromatic rings. The molecule has 1 aromatic carbocycles. The van der Waals surface area contributed by atoms with E-state index in [-0.39, 0.29) is 11.8 Å². The molecule has 0 heterocycles. The quantitative estimate of drug-likeness (QED) is 0.876. The number of benzene rings is 1. The summed E-state index contributed by atoms with van der Waals surface area (Å²) in [7, 11) is 1.70. The van der Waals surface area contributed by atoms with Gasteiger partial charge in [0.1, 0.15) is 5.75 Å². The fraction of sp³-hybridized carbons (Fsp3) is 0.400. The first-order valence-electron chi connectivity index (χ1n) is 6.67. The molecule has 4 nitrogen and oxygen atoms in total. The maximum atomic E-state index is 11.9. The summed E-state index contributed by atoms with van der Waals surface area (Å²) in [5, 5.41) is 12.0. The Labute approximate surface area is 113 Å². The molecule has 0 bridgehead atoms. The van der Waals surface area contributed by atoms with Gasteiger partial charge < -0.3 is 10.4 Å². The highest BCUT2D eigenvalue weighted by Gasteiger charge is 2.12. The highest BCUT2D eigenvalue weighted by molar-refractivity contribution is 5.91. The first kappa shape index (κ1) is 13.5. The third-order valence-corrected chi connectivity index (χ3v) is 3.52. The first-order chi connectivity index (χ1) is 9.16. The lowest BCUT2D eigenvalue weighted by Gasteiger charge is -2.16. The van der Waals surface area contributed by atoms with Crippen LogP contribution in [0.1, 0.15) is 25.7 Å². The molecule has 102 valence electrons. The minimum Gasteiger partial charge on any atom is -0.508 e. The molecule has 2 rings (SSSR count). The van der Waals surface area contributed by atoms with E-state index in [1.165, 1.54) is 30.6 Å². The van der Waals surface area contributed by atoms with Crippen molar-refractivity contribution in [3.8, 4) is 5.75 Å². The third kappa shape index (κ3) is 3.74. The van der Waals surface area contributed by atoms with Gasteiger partial charge >= 0.3 is 6.03 Å². The summed E-state index contributed by atoms with van der Waals surface area (Å²) in [5.41, 5.74) is 0.740. The Bertz CT molecular complexity index is 448. The van der Waals surface area contributed by atoms with Crippen LogP contribution < -0.4 is 10.2 Å². The molecule has 1 aliphatic rings. The molecule has 1 aliphatic carbocycles. The van der Waals surface area contributed by atoms with Gasteiger partial charge in [-0.15, -0.1) is 0 Å². The molecule has 4 heteroatoms. The Kier molecular flexibility index (Phi) is 4.44. The smallest absolute Gasteiger partial charge is 0.325 e. The molecule has 1 saturated carbocycles. The fourth-order valence-corrected chi connectivity index (χ4v) is 2.30. The maximum Gasteiger partial charge on any atom is 0.325 e. The number of phenolic OH excluding ortho intramolecular Hbond substituents is 1. The maximum absolute atomic E-state index is 11.9. The van der Waals surface area contributed by atoms with Crippen LogP contribution in [0.3, 0.4) is 0 Å². The lowest BCUT2D eigenvalue weighted by atomic mass is 10.1. The van der Waals surface area contributed by atoms with Gasteiger partial charge in [0.25, 0.3) is 0 Å². The van der Waals surface area contributed by atoms with E-state index in [1.807, 2.05) is 0 Å². The van der Waals surface area contributed by atoms with Gasteiger partial charge in [-0.2, -0.15) is 0 Å². The van der Waals surface area contributed by atoms with E-state index in [1.54, 1.807) is 37.5 Å². The molecule has 0 aliphatic heterocycles. The number of amides is 2. The van der Waals surface area contributed by atoms with Crippen molar-refractivity contribution in [3.63, 3.8) is 0 Å². The standard InChI is InChI=1S/C15H20N2O2/c1-17(13-6-8-14(18)9-7-13)15(19)16-11-10-12-4-2-3-5-12/h6-12,18H,2-5H2,1H3,(H,16,19)/b11-10+. The van der Waals surface area contributed by atoms with E-state index >= 15 is 0 Å². The van der Waals surface area contributed by atoms with Crippen LogP contribution in [-0.4, -0.2) is 18.2 Å². The number of nitrogens with one attached hydrogen (secondary N) is 1. The minimum absolute atomic E-state index is 0.181. The van der Waals surface area contributed by atoms with E-state index in [0.717, 1.165) is 5.69 Å². The van der Waals surface area contributed by atoms with E-state index in [9.17, 15) is 9.90 Å². The van der Waals surface area contributed by atoms with Crippen LogP contribution >= 0.6 is 0 Å². The topological polar surface area (TPSA) is 52.6 Å². The van der Waals surface area contributed by atoms with Gasteiger partial charge in [-0.3, -0.25) is 4.90 Å². The van der Waals surface area contributed by atoms with E-state index < -0.39 is 0 Å². The monoisotopic (exact) mass is 260 g/mol. The number of urea groups is 1. The van der Waals surface area contributed by atoms with Crippen molar-refractivity contribution in [2.75, 3.05) is 11.9 Å². The SMILES string of the molecule is CN(C(=O)N/C=C/C1CCCC1)c1ccc(O)cc1. The van der Waals surface area contributed by atoms with Crippen LogP contribution in [0.25, 0.3) is 0 Å². The molecule has 0 spiro atoms. The van der Waals surface area contributed by atoms with Gasteiger partial charge in [0.15, 0.2) is 0 Å². The fourth-order valence-electron chi connectivity index (χ4n) is 2.30. The predicted octanol–water partition coefficient (Wildman–Crippen LogP) is 3.24. The summed E-state index contributed by atoms with van der Waals surface area (Å²) in [6, 6.07) is 6.35. The highest BCUT2D eigenvalue weighted by Crippen LogP contribution is 2.25. The molecule has 0 atom stereocenters. The summed E-state index contributed by atoms with van der Waals surface area (Å²) in [5.74, 6) is 0.804. The Balaban J connectivity index is 1.86. The average molecular weight is 260 g/mol. The summed E-state index contributed by atoms with van der Waals surface area (Å²) in [4.78, 5) is 13.4. The molecule has 19 heavy (non-hydrogen) atoms. The van der Waals surface area contributed by atoms with Crippen molar-refractivity contribution in [3.05, 3.63) is 36.5 Å². The van der Waals surface area contributed by atoms with Crippen molar-refractivity contribution in [1.82, 2.24) is 5.32 Å². The van der Waals surface area contributed by atoms with Crippen LogP contribution in [0.5, 0.6) is 5.75 Å². The zero-order valence-electron chi connectivity index (χ0n) is 11.2. The number of nitrogens with zero attached hydrogens (tertiary/aromatic N) is 1. The lowest BCUT2D eigenvalue weighted by molar-refractivity contribution is 0.250. The van der Waals surface area contributed by atoms with Gasteiger partial charge in [-0.1, -0.05) is 18.9 Å². The van der Waals surface area contributed by atoms with Gasteiger partial charge in [-0.25, -0.2) is 4.79 Å². The predicted molar refractivity (Wildman–Crippen MR) is 76.1 cm³/mol. The zero-order valence-corrected chi connectivity index (χ0v) is 11.2. The summed E-state index contributed by atoms with van der Waals surface area (Å²) in [6.45, 7) is 0. The Morgan fingerprint density at radius 2 is 1.95 bits per heavy atom. The van der Waals surface area contributed by atoms with Crippen LogP contribution in [0.2, 0.25) is 0 Å². The molecule has 0 saturated heterocycles. The molecular formula is C15H20N2O2. The second-order valence-electron chi connectivity index (χ2n) is 4.93. The van der Waals surface area contributed by atoms with Crippen molar-refractivity contribution in [2.24, 2.45) is 5.92 Å². The summed E-state index contributed by atoms with van der Waals surface area (Å²) >= 11 is 0. The molecule has 1 fully saturated rings. The van der Waals surface area contributed by atoms with E-state index in [4.69, 9.17) is 0 Å². The van der Waals surface area contributed by atoms with Crippen molar-refractivity contribution in [1.29, 1.82) is 0 Å². The minimum atomic E-state index is -0.181. The summed E-state index contributed by atoms with van der Waals surface area (Å²) in [6.07, 6.45) is 8.85. The summed E-state index contributed by atoms with van der Waals surface area (Å²) < 4.78 is 0. The number of hydrogen-bond donors (Lipinski definition) is 2. The molecule has 0 aromatic heterocycles. The number of phenols is 1. The normalized spacial score (nSPS) is 15.8. The van der Waals surface area contributed by atoms with Gasteiger partial charge in [0.2, 0.25) is 0 Å². The second kappa shape index (κ2) is 6.27. The van der Waals surface area contributed by atoms with Crippen molar-refractivity contribution < 1.29 is 9.90 Å². The third-order valence-electron chi connectivity index (χ3n) is 3.52. The molecule has 0 unspecified atom stereocenters. The van der Waals surface area contributed by atoms with E-state index in [0.29, 0.717) is 5.92 Å². The van der Waals surface area contributed by atoms with E-state index in [2.05, 4.69) is 11.4 Å². The molecular weight excluding hydrogens is 240 g/mol. The van der Waals surface area contributed by atoms with Crippen LogP contribution in [0, 0.1) is 5.92 Å². The van der Waals surface area contributed by atoms with Gasteiger partial charge in [0.05, 0.1) is 0 Å². The second-order valence-corrected chi connectivity index (χ2v) is 4.93. The molecule has 0 radical (unpaired) electrons. The van der Waals surface area contributed by atoms with Crippen LogP contribution in [0.4, 0.5) is 10.5 Å².